The minimum absolute atomic E-state index is 0.390. The maximum Gasteiger partial charge on any atom is 0.0867 e. The maximum absolute atomic E-state index is 10.4. The van der Waals surface area contributed by atoms with Gasteiger partial charge in [-0.1, -0.05) is 22.9 Å². The molecule has 2 heterocycles. The topological polar surface area (TPSA) is 63.8 Å². The van der Waals surface area contributed by atoms with E-state index in [1.54, 1.807) is 36.3 Å². The number of aromatic nitrogens is 4. The Hall–Kier alpha value is -1.98. The van der Waals surface area contributed by atoms with Crippen molar-refractivity contribution in [3.63, 3.8) is 0 Å². The van der Waals surface area contributed by atoms with Gasteiger partial charge in [0, 0.05) is 41.8 Å². The van der Waals surface area contributed by atoms with Gasteiger partial charge < -0.3 is 5.11 Å². The van der Waals surface area contributed by atoms with Crippen LogP contribution >= 0.6 is 11.6 Å². The minimum atomic E-state index is -0.693. The molecule has 1 unspecified atom stereocenters. The van der Waals surface area contributed by atoms with Gasteiger partial charge in [0.2, 0.25) is 0 Å². The molecule has 0 amide bonds. The summed E-state index contributed by atoms with van der Waals surface area (Å²) in [6.07, 6.45) is 3.17. The molecule has 0 bridgehead atoms. The molecule has 3 rings (SSSR count). The van der Waals surface area contributed by atoms with Crippen LogP contribution in [0.2, 0.25) is 5.02 Å². The van der Waals surface area contributed by atoms with E-state index in [9.17, 15) is 5.11 Å². The molecule has 6 heteroatoms. The summed E-state index contributed by atoms with van der Waals surface area (Å²) in [6, 6.07) is 7.30. The van der Waals surface area contributed by atoms with Gasteiger partial charge >= 0.3 is 0 Å². The number of halogens is 1. The molecule has 0 aliphatic heterocycles. The van der Waals surface area contributed by atoms with E-state index in [0.29, 0.717) is 11.4 Å². The first-order valence-electron chi connectivity index (χ1n) is 6.21. The average Bonchev–Trinajstić information content (AvgIpc) is 2.84. The zero-order chi connectivity index (χ0) is 14.1. The number of nitrogens with zero attached hydrogens (tertiary/aromatic N) is 4. The van der Waals surface area contributed by atoms with E-state index in [-0.39, 0.29) is 0 Å². The summed E-state index contributed by atoms with van der Waals surface area (Å²) in [5, 5.41) is 19.7. The lowest BCUT2D eigenvalue weighted by Crippen LogP contribution is -2.04. The van der Waals surface area contributed by atoms with Gasteiger partial charge in [-0.05, 0) is 18.2 Å². The number of aliphatic hydroxyl groups is 1. The fourth-order valence-electron chi connectivity index (χ4n) is 2.23. The van der Waals surface area contributed by atoms with Gasteiger partial charge in [-0.2, -0.15) is 0 Å². The molecule has 1 atom stereocenters. The van der Waals surface area contributed by atoms with Crippen molar-refractivity contribution in [1.29, 1.82) is 0 Å². The Kier molecular flexibility index (Phi) is 3.38. The lowest BCUT2D eigenvalue weighted by atomic mass is 10.0. The largest absolute Gasteiger partial charge is 0.388 e. The highest BCUT2D eigenvalue weighted by atomic mass is 35.5. The number of pyridine rings is 1. The first-order valence-corrected chi connectivity index (χ1v) is 6.59. The monoisotopic (exact) mass is 288 g/mol. The summed E-state index contributed by atoms with van der Waals surface area (Å²) in [7, 11) is 1.79. The standard InChI is InChI=1S/C14H13ClN4O/c1-19-8-9(17-18-19)7-13(20)11-4-5-12(15)10-3-2-6-16-14(10)11/h2-6,8,13,20H,7H2,1H3. The fourth-order valence-corrected chi connectivity index (χ4v) is 2.44. The highest BCUT2D eigenvalue weighted by Crippen LogP contribution is 2.29. The van der Waals surface area contributed by atoms with Gasteiger partial charge in [0.1, 0.15) is 0 Å². The molecule has 0 aliphatic rings. The highest BCUT2D eigenvalue weighted by Gasteiger charge is 2.15. The van der Waals surface area contributed by atoms with E-state index in [2.05, 4.69) is 15.3 Å². The second-order valence-corrected chi connectivity index (χ2v) is 5.05. The maximum atomic E-state index is 10.4. The molecule has 0 aliphatic carbocycles. The first kappa shape index (κ1) is 13.0. The lowest BCUT2D eigenvalue weighted by Gasteiger charge is -2.12. The minimum Gasteiger partial charge on any atom is -0.388 e. The van der Waals surface area contributed by atoms with Crippen molar-refractivity contribution in [2.45, 2.75) is 12.5 Å². The zero-order valence-electron chi connectivity index (χ0n) is 10.9. The van der Waals surface area contributed by atoms with Crippen LogP contribution in [0.3, 0.4) is 0 Å². The Bertz CT molecular complexity index is 756. The van der Waals surface area contributed by atoms with Crippen LogP contribution < -0.4 is 0 Å². The van der Waals surface area contributed by atoms with Crippen molar-refractivity contribution in [3.8, 4) is 0 Å². The van der Waals surface area contributed by atoms with Gasteiger partial charge in [-0.25, -0.2) is 0 Å². The molecule has 3 aromatic rings. The Morgan fingerprint density at radius 3 is 2.95 bits per heavy atom. The molecule has 0 spiro atoms. The fraction of sp³-hybridized carbons (Fsp3) is 0.214. The van der Waals surface area contributed by atoms with E-state index in [4.69, 9.17) is 11.6 Å². The van der Waals surface area contributed by atoms with Gasteiger partial charge in [0.15, 0.2) is 0 Å². The van der Waals surface area contributed by atoms with E-state index >= 15 is 0 Å². The number of hydrogen-bond acceptors (Lipinski definition) is 4. The second kappa shape index (κ2) is 5.19. The normalized spacial score (nSPS) is 12.8. The average molecular weight is 289 g/mol. The Labute approximate surface area is 120 Å². The van der Waals surface area contributed by atoms with Gasteiger partial charge in [0.25, 0.3) is 0 Å². The SMILES string of the molecule is Cn1cc(CC(O)c2ccc(Cl)c3cccnc23)nn1. The summed E-state index contributed by atoms with van der Waals surface area (Å²) in [5.74, 6) is 0. The summed E-state index contributed by atoms with van der Waals surface area (Å²) in [4.78, 5) is 4.32. The summed E-state index contributed by atoms with van der Waals surface area (Å²) in [6.45, 7) is 0. The molecule has 20 heavy (non-hydrogen) atoms. The van der Waals surface area contributed by atoms with Crippen LogP contribution in [0.4, 0.5) is 0 Å². The molecule has 102 valence electrons. The van der Waals surface area contributed by atoms with Crippen molar-refractivity contribution < 1.29 is 5.11 Å². The zero-order valence-corrected chi connectivity index (χ0v) is 11.6. The van der Waals surface area contributed by atoms with E-state index in [1.807, 2.05) is 12.1 Å². The molecule has 1 N–H and O–H groups in total. The summed E-state index contributed by atoms with van der Waals surface area (Å²) in [5.41, 5.74) is 2.20. The number of rotatable bonds is 3. The molecular formula is C14H13ClN4O. The van der Waals surface area contributed by atoms with Crippen molar-refractivity contribution >= 4 is 22.5 Å². The third-order valence-electron chi connectivity index (χ3n) is 3.16. The molecule has 2 aromatic heterocycles. The van der Waals surface area contributed by atoms with Crippen LogP contribution in [0.1, 0.15) is 17.4 Å². The van der Waals surface area contributed by atoms with Crippen molar-refractivity contribution in [2.24, 2.45) is 7.05 Å². The van der Waals surface area contributed by atoms with Gasteiger partial charge in [-0.3, -0.25) is 9.67 Å². The van der Waals surface area contributed by atoms with Gasteiger partial charge in [-0.15, -0.1) is 5.10 Å². The molecule has 0 saturated carbocycles. The van der Waals surface area contributed by atoms with E-state index in [0.717, 1.165) is 22.2 Å². The molecule has 0 radical (unpaired) electrons. The van der Waals surface area contributed by atoms with Crippen molar-refractivity contribution in [2.75, 3.05) is 0 Å². The Morgan fingerprint density at radius 1 is 1.35 bits per heavy atom. The summed E-state index contributed by atoms with van der Waals surface area (Å²) >= 11 is 6.15. The smallest absolute Gasteiger partial charge is 0.0867 e. The highest BCUT2D eigenvalue weighted by molar-refractivity contribution is 6.35. The van der Waals surface area contributed by atoms with E-state index < -0.39 is 6.10 Å². The molecule has 5 nitrogen and oxygen atoms in total. The Balaban J connectivity index is 1.99. The number of aryl methyl sites for hydroxylation is 1. The van der Waals surface area contributed by atoms with Crippen LogP contribution in [0.5, 0.6) is 0 Å². The van der Waals surface area contributed by atoms with Crippen molar-refractivity contribution in [3.05, 3.63) is 52.9 Å². The number of hydrogen-bond donors (Lipinski definition) is 1. The van der Waals surface area contributed by atoms with Gasteiger partial charge in [0.05, 0.1) is 17.3 Å². The number of benzene rings is 1. The first-order chi connectivity index (χ1) is 9.65. The summed E-state index contributed by atoms with van der Waals surface area (Å²) < 4.78 is 1.61. The van der Waals surface area contributed by atoms with Crippen LogP contribution in [0.25, 0.3) is 10.9 Å². The number of fused-ring (bicyclic) bond motifs is 1. The van der Waals surface area contributed by atoms with Crippen LogP contribution in [-0.2, 0) is 13.5 Å². The Morgan fingerprint density at radius 2 is 2.20 bits per heavy atom. The molecule has 1 aromatic carbocycles. The predicted octanol–water partition coefficient (Wildman–Crippen LogP) is 2.29. The second-order valence-electron chi connectivity index (χ2n) is 4.64. The lowest BCUT2D eigenvalue weighted by molar-refractivity contribution is 0.178. The van der Waals surface area contributed by atoms with Crippen LogP contribution in [-0.4, -0.2) is 25.1 Å². The molecule has 0 fully saturated rings. The van der Waals surface area contributed by atoms with Crippen molar-refractivity contribution in [1.82, 2.24) is 20.0 Å². The number of aliphatic hydroxyl groups excluding tert-OH is 1. The quantitative estimate of drug-likeness (QED) is 0.803. The van der Waals surface area contributed by atoms with Crippen LogP contribution in [0.15, 0.2) is 36.7 Å². The predicted molar refractivity (Wildman–Crippen MR) is 76.4 cm³/mol. The third-order valence-corrected chi connectivity index (χ3v) is 3.49. The van der Waals surface area contributed by atoms with Crippen LogP contribution in [0, 0.1) is 0 Å². The molecular weight excluding hydrogens is 276 g/mol. The van der Waals surface area contributed by atoms with E-state index in [1.165, 1.54) is 0 Å². The third kappa shape index (κ3) is 2.37. The molecule has 0 saturated heterocycles.